The topological polar surface area (TPSA) is 32.3 Å². The lowest BCUT2D eigenvalue weighted by Crippen LogP contribution is -2.47. The van der Waals surface area contributed by atoms with Gasteiger partial charge in [-0.2, -0.15) is 0 Å². The Morgan fingerprint density at radius 1 is 1.28 bits per heavy atom. The molecule has 0 spiro atoms. The molecule has 2 fully saturated rings. The summed E-state index contributed by atoms with van der Waals surface area (Å²) in [5, 5.41) is 3.40. The molecule has 1 atom stereocenters. The first kappa shape index (κ1) is 13.8. The summed E-state index contributed by atoms with van der Waals surface area (Å²) in [4.78, 5) is 14.8. The van der Waals surface area contributed by atoms with Crippen molar-refractivity contribution in [3.8, 4) is 0 Å². The van der Waals surface area contributed by atoms with Crippen molar-refractivity contribution in [1.29, 1.82) is 0 Å². The van der Waals surface area contributed by atoms with Crippen molar-refractivity contribution >= 4 is 5.78 Å². The van der Waals surface area contributed by atoms with E-state index in [4.69, 9.17) is 0 Å². The van der Waals surface area contributed by atoms with Gasteiger partial charge in [-0.05, 0) is 58.7 Å². The van der Waals surface area contributed by atoms with E-state index in [9.17, 15) is 4.79 Å². The molecule has 0 aromatic rings. The van der Waals surface area contributed by atoms with E-state index in [1.165, 1.54) is 19.3 Å². The van der Waals surface area contributed by atoms with E-state index < -0.39 is 0 Å². The van der Waals surface area contributed by atoms with Crippen LogP contribution in [0, 0.1) is 0 Å². The van der Waals surface area contributed by atoms with E-state index in [2.05, 4.69) is 16.8 Å². The van der Waals surface area contributed by atoms with Crippen LogP contribution in [0.1, 0.15) is 45.4 Å². The Bertz CT molecular complexity index is 308. The van der Waals surface area contributed by atoms with Crippen molar-refractivity contribution in [2.45, 2.75) is 57.5 Å². The van der Waals surface area contributed by atoms with E-state index >= 15 is 0 Å². The van der Waals surface area contributed by atoms with E-state index in [-0.39, 0.29) is 6.04 Å². The molecular formula is C15H26N2O. The first-order chi connectivity index (χ1) is 8.68. The average Bonchev–Trinajstić information content (AvgIpc) is 2.86. The van der Waals surface area contributed by atoms with Crippen molar-refractivity contribution in [2.75, 3.05) is 19.6 Å². The van der Waals surface area contributed by atoms with Gasteiger partial charge >= 0.3 is 0 Å². The maximum absolute atomic E-state index is 12.3. The highest BCUT2D eigenvalue weighted by molar-refractivity contribution is 5.84. The number of carbonyl (C=O) groups excluding carboxylic acids is 1. The zero-order valence-corrected chi connectivity index (χ0v) is 11.6. The zero-order valence-electron chi connectivity index (χ0n) is 11.6. The zero-order chi connectivity index (χ0) is 13.0. The molecule has 2 saturated heterocycles. The van der Waals surface area contributed by atoms with Crippen LogP contribution in [0.5, 0.6) is 0 Å². The molecule has 0 saturated carbocycles. The summed E-state index contributed by atoms with van der Waals surface area (Å²) < 4.78 is 0. The number of carbonyl (C=O) groups is 1. The van der Waals surface area contributed by atoms with Crippen molar-refractivity contribution in [2.24, 2.45) is 0 Å². The second-order valence-electron chi connectivity index (χ2n) is 5.80. The molecule has 0 amide bonds. The smallest absolute Gasteiger partial charge is 0.150 e. The van der Waals surface area contributed by atoms with Gasteiger partial charge in [-0.15, -0.1) is 6.58 Å². The number of Topliss-reactive ketones (excluding diaryl/α,β-unsaturated/α-hetero) is 1. The summed E-state index contributed by atoms with van der Waals surface area (Å²) in [6.45, 7) is 9.22. The standard InChI is InChI=1S/C15H26N2O/c1-12(2)5-6-15(18)14-4-3-11-17(14)13-7-9-16-10-8-13/h13-14,16H,1,3-11H2,2H3. The molecule has 2 rings (SSSR count). The van der Waals surface area contributed by atoms with Gasteiger partial charge in [-0.1, -0.05) is 5.57 Å². The number of nitrogens with one attached hydrogen (secondary N) is 1. The van der Waals surface area contributed by atoms with Crippen molar-refractivity contribution in [3.05, 3.63) is 12.2 Å². The Labute approximate surface area is 111 Å². The molecule has 0 radical (unpaired) electrons. The predicted octanol–water partition coefficient (Wildman–Crippen LogP) is 2.13. The predicted molar refractivity (Wildman–Crippen MR) is 74.7 cm³/mol. The Morgan fingerprint density at radius 3 is 2.67 bits per heavy atom. The second-order valence-corrected chi connectivity index (χ2v) is 5.80. The summed E-state index contributed by atoms with van der Waals surface area (Å²) in [6, 6.07) is 0.833. The van der Waals surface area contributed by atoms with Gasteiger partial charge in [0.05, 0.1) is 6.04 Å². The van der Waals surface area contributed by atoms with E-state index in [1.807, 2.05) is 6.92 Å². The van der Waals surface area contributed by atoms with Crippen LogP contribution in [-0.2, 0) is 4.79 Å². The number of hydrogen-bond acceptors (Lipinski definition) is 3. The van der Waals surface area contributed by atoms with Gasteiger partial charge in [-0.3, -0.25) is 9.69 Å². The molecule has 0 bridgehead atoms. The molecule has 1 N–H and O–H groups in total. The minimum absolute atomic E-state index is 0.201. The van der Waals surface area contributed by atoms with Crippen LogP contribution in [0.25, 0.3) is 0 Å². The Hall–Kier alpha value is -0.670. The number of rotatable bonds is 5. The maximum Gasteiger partial charge on any atom is 0.150 e. The third-order valence-corrected chi connectivity index (χ3v) is 4.24. The van der Waals surface area contributed by atoms with Crippen LogP contribution in [0.3, 0.4) is 0 Å². The summed E-state index contributed by atoms with van der Waals surface area (Å²) in [5.74, 6) is 0.439. The Balaban J connectivity index is 1.89. The number of ketones is 1. The highest BCUT2D eigenvalue weighted by Crippen LogP contribution is 2.26. The molecule has 2 aliphatic heterocycles. The molecule has 102 valence electrons. The fourth-order valence-corrected chi connectivity index (χ4v) is 3.21. The van der Waals surface area contributed by atoms with Gasteiger partial charge in [0, 0.05) is 12.5 Å². The van der Waals surface area contributed by atoms with Gasteiger partial charge < -0.3 is 5.32 Å². The van der Waals surface area contributed by atoms with Gasteiger partial charge in [0.1, 0.15) is 5.78 Å². The number of nitrogens with zero attached hydrogens (tertiary/aromatic N) is 1. The van der Waals surface area contributed by atoms with Gasteiger partial charge in [-0.25, -0.2) is 0 Å². The van der Waals surface area contributed by atoms with Gasteiger partial charge in [0.15, 0.2) is 0 Å². The molecule has 3 nitrogen and oxygen atoms in total. The Kier molecular flexibility index (Phi) is 4.95. The lowest BCUT2D eigenvalue weighted by atomic mass is 9.99. The molecule has 18 heavy (non-hydrogen) atoms. The van der Waals surface area contributed by atoms with E-state index in [0.717, 1.165) is 38.0 Å². The molecule has 0 aromatic heterocycles. The fourth-order valence-electron chi connectivity index (χ4n) is 3.21. The SMILES string of the molecule is C=C(C)CCC(=O)C1CCCN1C1CCNCC1. The number of allylic oxidation sites excluding steroid dienone is 1. The van der Waals surface area contributed by atoms with Crippen molar-refractivity contribution in [1.82, 2.24) is 10.2 Å². The fraction of sp³-hybridized carbons (Fsp3) is 0.800. The monoisotopic (exact) mass is 250 g/mol. The van der Waals surface area contributed by atoms with Crippen LogP contribution < -0.4 is 5.32 Å². The van der Waals surface area contributed by atoms with Gasteiger partial charge in [0.25, 0.3) is 0 Å². The largest absolute Gasteiger partial charge is 0.317 e. The lowest BCUT2D eigenvalue weighted by Gasteiger charge is -2.35. The van der Waals surface area contributed by atoms with Crippen LogP contribution in [0.15, 0.2) is 12.2 Å². The first-order valence-corrected chi connectivity index (χ1v) is 7.32. The average molecular weight is 250 g/mol. The second kappa shape index (κ2) is 6.48. The number of likely N-dealkylation sites (tertiary alicyclic amines) is 1. The normalized spacial score (nSPS) is 26.4. The Morgan fingerprint density at radius 2 is 2.00 bits per heavy atom. The van der Waals surface area contributed by atoms with Crippen LogP contribution in [0.2, 0.25) is 0 Å². The number of piperidine rings is 1. The van der Waals surface area contributed by atoms with Gasteiger partial charge in [0.2, 0.25) is 0 Å². The molecule has 2 heterocycles. The summed E-state index contributed by atoms with van der Waals surface area (Å²) >= 11 is 0. The third kappa shape index (κ3) is 3.42. The summed E-state index contributed by atoms with van der Waals surface area (Å²) in [6.07, 6.45) is 6.19. The number of hydrogen-bond donors (Lipinski definition) is 1. The maximum atomic E-state index is 12.3. The first-order valence-electron chi connectivity index (χ1n) is 7.32. The lowest BCUT2D eigenvalue weighted by molar-refractivity contribution is -0.124. The third-order valence-electron chi connectivity index (χ3n) is 4.24. The summed E-state index contributed by atoms with van der Waals surface area (Å²) in [5.41, 5.74) is 1.12. The highest BCUT2D eigenvalue weighted by Gasteiger charge is 2.34. The molecular weight excluding hydrogens is 224 g/mol. The molecule has 0 aliphatic carbocycles. The van der Waals surface area contributed by atoms with Crippen molar-refractivity contribution in [3.63, 3.8) is 0 Å². The van der Waals surface area contributed by atoms with Crippen LogP contribution in [0.4, 0.5) is 0 Å². The van der Waals surface area contributed by atoms with E-state index in [1.54, 1.807) is 0 Å². The minimum Gasteiger partial charge on any atom is -0.317 e. The van der Waals surface area contributed by atoms with Crippen LogP contribution in [-0.4, -0.2) is 42.4 Å². The molecule has 1 unspecified atom stereocenters. The molecule has 3 heteroatoms. The van der Waals surface area contributed by atoms with Crippen LogP contribution >= 0.6 is 0 Å². The quantitative estimate of drug-likeness (QED) is 0.759. The summed E-state index contributed by atoms with van der Waals surface area (Å²) in [7, 11) is 0. The molecule has 2 aliphatic rings. The minimum atomic E-state index is 0.201. The highest BCUT2D eigenvalue weighted by atomic mass is 16.1. The van der Waals surface area contributed by atoms with Crippen molar-refractivity contribution < 1.29 is 4.79 Å². The molecule has 0 aromatic carbocycles. The van der Waals surface area contributed by atoms with E-state index in [0.29, 0.717) is 18.2 Å².